The van der Waals surface area contributed by atoms with Gasteiger partial charge in [-0.1, -0.05) is 84.9 Å². The largest absolute Gasteiger partial charge is 0.0803 e. The number of allylic oxidation sites excluding steroid dienone is 4. The second-order valence-corrected chi connectivity index (χ2v) is 12.6. The molecule has 116 valence electrons. The van der Waals surface area contributed by atoms with Crippen LogP contribution in [-0.2, 0) is 0 Å². The van der Waals surface area contributed by atoms with Crippen molar-refractivity contribution in [1.82, 2.24) is 0 Å². The zero-order valence-electron chi connectivity index (χ0n) is 14.4. The van der Waals surface area contributed by atoms with Gasteiger partial charge < -0.3 is 0 Å². The average Bonchev–Trinajstić information content (AvgIpc) is 3.13. The Morgan fingerprint density at radius 1 is 0.739 bits per heavy atom. The maximum absolute atomic E-state index is 2.56. The molecule has 0 unspecified atom stereocenters. The third-order valence-electron chi connectivity index (χ3n) is 5.68. The molecular formula is C22H24Si. The van der Waals surface area contributed by atoms with Gasteiger partial charge >= 0.3 is 0 Å². The number of hydrogen-bond acceptors (Lipinski definition) is 0. The predicted octanol–water partition coefficient (Wildman–Crippen LogP) is 6.16. The molecule has 0 atom stereocenters. The van der Waals surface area contributed by atoms with Crippen LogP contribution in [0.1, 0.15) is 27.8 Å². The van der Waals surface area contributed by atoms with Gasteiger partial charge in [-0.2, -0.15) is 0 Å². The van der Waals surface area contributed by atoms with Crippen LogP contribution in [0.2, 0.25) is 18.6 Å². The van der Waals surface area contributed by atoms with E-state index in [2.05, 4.69) is 87.6 Å². The number of aryl methyl sites for hydroxylation is 2. The van der Waals surface area contributed by atoms with Crippen molar-refractivity contribution in [2.24, 2.45) is 0 Å². The number of rotatable bonds is 2. The molecule has 0 N–H and O–H groups in total. The zero-order chi connectivity index (χ0) is 16.2. The van der Waals surface area contributed by atoms with Crippen LogP contribution >= 0.6 is 0 Å². The van der Waals surface area contributed by atoms with Crippen molar-refractivity contribution in [3.63, 3.8) is 0 Å². The van der Waals surface area contributed by atoms with E-state index in [0.29, 0.717) is 11.1 Å². The normalized spacial score (nSPS) is 16.9. The molecule has 23 heavy (non-hydrogen) atoms. The van der Waals surface area contributed by atoms with Crippen LogP contribution in [-0.4, -0.2) is 8.07 Å². The van der Waals surface area contributed by atoms with Crippen LogP contribution in [0.5, 0.6) is 0 Å². The third-order valence-corrected chi connectivity index (χ3v) is 9.89. The van der Waals surface area contributed by atoms with E-state index >= 15 is 0 Å². The lowest BCUT2D eigenvalue weighted by Gasteiger charge is -2.35. The summed E-state index contributed by atoms with van der Waals surface area (Å²) in [6.07, 6.45) is 9.26. The van der Waals surface area contributed by atoms with Gasteiger partial charge in [-0.25, -0.2) is 0 Å². The fraction of sp³-hybridized carbons (Fsp3) is 0.273. The van der Waals surface area contributed by atoms with Crippen molar-refractivity contribution in [3.8, 4) is 11.1 Å². The van der Waals surface area contributed by atoms with Crippen LogP contribution in [0.3, 0.4) is 0 Å². The summed E-state index contributed by atoms with van der Waals surface area (Å²) in [5, 5.41) is 0. The molecule has 0 spiro atoms. The van der Waals surface area contributed by atoms with E-state index in [1.165, 1.54) is 22.3 Å². The standard InChI is InChI=1S/C22H24Si/c1-15-9-11-18-20(13-15)21-14-16(2)10-12-19(21)22(18)23(3,4)17-7-5-6-8-17/h5-14,17,22H,1-4H3. The lowest BCUT2D eigenvalue weighted by atomic mass is 10.0. The summed E-state index contributed by atoms with van der Waals surface area (Å²) in [7, 11) is -1.55. The maximum Gasteiger partial charge on any atom is 0.0715 e. The third kappa shape index (κ3) is 2.18. The predicted molar refractivity (Wildman–Crippen MR) is 103 cm³/mol. The minimum atomic E-state index is -1.55. The highest BCUT2D eigenvalue weighted by atomic mass is 28.3. The van der Waals surface area contributed by atoms with E-state index < -0.39 is 8.07 Å². The van der Waals surface area contributed by atoms with Crippen molar-refractivity contribution in [1.29, 1.82) is 0 Å². The van der Waals surface area contributed by atoms with Crippen LogP contribution in [0, 0.1) is 13.8 Å². The van der Waals surface area contributed by atoms with E-state index in [4.69, 9.17) is 0 Å². The van der Waals surface area contributed by atoms with Crippen molar-refractivity contribution < 1.29 is 0 Å². The molecule has 2 aromatic carbocycles. The Morgan fingerprint density at radius 3 is 1.70 bits per heavy atom. The molecule has 0 radical (unpaired) electrons. The Hall–Kier alpha value is -1.86. The second kappa shape index (κ2) is 5.07. The van der Waals surface area contributed by atoms with Crippen molar-refractivity contribution >= 4 is 8.07 Å². The molecule has 0 nitrogen and oxygen atoms in total. The van der Waals surface area contributed by atoms with Gasteiger partial charge in [-0.05, 0) is 41.6 Å². The van der Waals surface area contributed by atoms with Gasteiger partial charge in [0.05, 0.1) is 8.07 Å². The molecule has 4 rings (SSSR count). The monoisotopic (exact) mass is 316 g/mol. The molecule has 0 aliphatic heterocycles. The molecule has 0 saturated carbocycles. The highest BCUT2D eigenvalue weighted by Gasteiger charge is 2.44. The number of hydrogen-bond donors (Lipinski definition) is 0. The molecule has 0 fully saturated rings. The van der Waals surface area contributed by atoms with Crippen molar-refractivity contribution in [3.05, 3.63) is 83.0 Å². The topological polar surface area (TPSA) is 0 Å². The summed E-state index contributed by atoms with van der Waals surface area (Å²) in [5.41, 5.74) is 10.00. The average molecular weight is 317 g/mol. The summed E-state index contributed by atoms with van der Waals surface area (Å²) in [5.74, 6) is 0. The molecule has 2 aliphatic carbocycles. The lowest BCUT2D eigenvalue weighted by molar-refractivity contribution is 1.06. The minimum Gasteiger partial charge on any atom is -0.0803 e. The van der Waals surface area contributed by atoms with Gasteiger partial charge in [0, 0.05) is 5.54 Å². The fourth-order valence-corrected chi connectivity index (χ4v) is 8.11. The Labute approximate surface area is 140 Å². The van der Waals surface area contributed by atoms with Crippen LogP contribution in [0.15, 0.2) is 60.7 Å². The second-order valence-electron chi connectivity index (χ2n) is 7.73. The Bertz CT molecular complexity index is 776. The van der Waals surface area contributed by atoms with E-state index in [-0.39, 0.29) is 0 Å². The molecule has 1 heteroatoms. The minimum absolute atomic E-state index is 0.589. The molecule has 0 bridgehead atoms. The molecule has 2 aliphatic rings. The van der Waals surface area contributed by atoms with Gasteiger partial charge in [0.2, 0.25) is 0 Å². The number of fused-ring (bicyclic) bond motifs is 3. The first kappa shape index (κ1) is 14.7. The summed E-state index contributed by atoms with van der Waals surface area (Å²) < 4.78 is 0. The van der Waals surface area contributed by atoms with Gasteiger partial charge in [0.1, 0.15) is 0 Å². The first-order valence-corrected chi connectivity index (χ1v) is 11.7. The van der Waals surface area contributed by atoms with Gasteiger partial charge in [-0.15, -0.1) is 0 Å². The molecular weight excluding hydrogens is 292 g/mol. The molecule has 0 saturated heterocycles. The molecule has 0 aromatic heterocycles. The van der Waals surface area contributed by atoms with E-state index in [9.17, 15) is 0 Å². The quantitative estimate of drug-likeness (QED) is 0.582. The highest BCUT2D eigenvalue weighted by Crippen LogP contribution is 2.52. The highest BCUT2D eigenvalue weighted by molar-refractivity contribution is 6.82. The van der Waals surface area contributed by atoms with E-state index in [1.807, 2.05) is 0 Å². The molecule has 0 amide bonds. The molecule has 0 heterocycles. The maximum atomic E-state index is 2.56. The van der Waals surface area contributed by atoms with Crippen LogP contribution < -0.4 is 0 Å². The van der Waals surface area contributed by atoms with Gasteiger partial charge in [0.15, 0.2) is 0 Å². The first-order valence-electron chi connectivity index (χ1n) is 8.55. The summed E-state index contributed by atoms with van der Waals surface area (Å²) in [4.78, 5) is 0. The van der Waals surface area contributed by atoms with E-state index in [1.54, 1.807) is 11.1 Å². The van der Waals surface area contributed by atoms with Crippen LogP contribution in [0.25, 0.3) is 11.1 Å². The van der Waals surface area contributed by atoms with Gasteiger partial charge in [0.25, 0.3) is 0 Å². The Kier molecular flexibility index (Phi) is 3.24. The Morgan fingerprint density at radius 2 is 1.22 bits per heavy atom. The SMILES string of the molecule is Cc1ccc2c(c1)-c1cc(C)ccc1C2[Si](C)(C)C1C=CC=C1. The van der Waals surface area contributed by atoms with Crippen LogP contribution in [0.4, 0.5) is 0 Å². The summed E-state index contributed by atoms with van der Waals surface area (Å²) in [6, 6.07) is 14.1. The van der Waals surface area contributed by atoms with Gasteiger partial charge in [-0.3, -0.25) is 0 Å². The Balaban J connectivity index is 1.95. The summed E-state index contributed by atoms with van der Waals surface area (Å²) in [6.45, 7) is 9.52. The zero-order valence-corrected chi connectivity index (χ0v) is 15.4. The lowest BCUT2D eigenvalue weighted by Crippen LogP contribution is -2.38. The molecule has 2 aromatic rings. The number of benzene rings is 2. The van der Waals surface area contributed by atoms with Crippen molar-refractivity contribution in [2.45, 2.75) is 38.0 Å². The first-order chi connectivity index (χ1) is 11.0. The van der Waals surface area contributed by atoms with E-state index in [0.717, 1.165) is 0 Å². The van der Waals surface area contributed by atoms with Crippen molar-refractivity contribution in [2.75, 3.05) is 0 Å². The fourth-order valence-electron chi connectivity index (χ4n) is 4.40. The smallest absolute Gasteiger partial charge is 0.0715 e. The summed E-state index contributed by atoms with van der Waals surface area (Å²) >= 11 is 0.